The van der Waals surface area contributed by atoms with Crippen molar-refractivity contribution in [2.75, 3.05) is 28.0 Å². The van der Waals surface area contributed by atoms with E-state index in [2.05, 4.69) is 24.9 Å². The van der Waals surface area contributed by atoms with Gasteiger partial charge in [-0.2, -0.15) is 0 Å². The van der Waals surface area contributed by atoms with Crippen LogP contribution in [0.4, 0.5) is 23.0 Å². The quantitative estimate of drug-likeness (QED) is 0.520. The largest absolute Gasteiger partial charge is 0.356 e. The van der Waals surface area contributed by atoms with Gasteiger partial charge in [0.2, 0.25) is 0 Å². The first-order chi connectivity index (χ1) is 15.3. The average Bonchev–Trinajstić information content (AvgIpc) is 3.30. The molecule has 0 atom stereocenters. The first-order valence-electron chi connectivity index (χ1n) is 10.4. The zero-order valence-corrected chi connectivity index (χ0v) is 18.8. The molecule has 1 aromatic heterocycles. The van der Waals surface area contributed by atoms with Gasteiger partial charge in [-0.1, -0.05) is 12.1 Å². The smallest absolute Gasteiger partial charge is 0.261 e. The van der Waals surface area contributed by atoms with E-state index >= 15 is 0 Å². The van der Waals surface area contributed by atoms with Gasteiger partial charge in [0.05, 0.1) is 4.90 Å². The van der Waals surface area contributed by atoms with Crippen LogP contribution in [0.1, 0.15) is 35.9 Å². The molecule has 0 amide bonds. The Kier molecular flexibility index (Phi) is 6.09. The molecule has 2 heterocycles. The van der Waals surface area contributed by atoms with E-state index in [1.807, 2.05) is 13.0 Å². The lowest BCUT2D eigenvalue weighted by molar-refractivity contribution is 0.101. The number of ketones is 1. The minimum absolute atomic E-state index is 0.0932. The van der Waals surface area contributed by atoms with Gasteiger partial charge in [-0.15, -0.1) is 0 Å². The molecule has 0 bridgehead atoms. The summed E-state index contributed by atoms with van der Waals surface area (Å²) in [6, 6.07) is 14.7. The molecule has 2 N–H and O–H groups in total. The second-order valence-electron chi connectivity index (χ2n) is 7.74. The molecule has 0 spiro atoms. The summed E-state index contributed by atoms with van der Waals surface area (Å²) >= 11 is 0. The number of rotatable bonds is 7. The summed E-state index contributed by atoms with van der Waals surface area (Å²) in [6.45, 7) is 5.31. The van der Waals surface area contributed by atoms with E-state index < -0.39 is 10.0 Å². The number of nitrogens with zero attached hydrogens (tertiary/aromatic N) is 3. The van der Waals surface area contributed by atoms with Crippen molar-refractivity contribution >= 4 is 38.8 Å². The summed E-state index contributed by atoms with van der Waals surface area (Å²) in [6.07, 6.45) is 2.34. The lowest BCUT2D eigenvalue weighted by atomic mass is 10.2. The Morgan fingerprint density at radius 1 is 0.938 bits per heavy atom. The zero-order valence-electron chi connectivity index (χ0n) is 18.0. The van der Waals surface area contributed by atoms with Gasteiger partial charge in [0.15, 0.2) is 5.78 Å². The molecular formula is C23H25N5O3S. The molecule has 8 nitrogen and oxygen atoms in total. The van der Waals surface area contributed by atoms with Crippen molar-refractivity contribution in [1.29, 1.82) is 0 Å². The predicted molar refractivity (Wildman–Crippen MR) is 125 cm³/mol. The summed E-state index contributed by atoms with van der Waals surface area (Å²) in [4.78, 5) is 22.7. The SMILES string of the molecule is CC(=O)c1ccc(S(=O)(=O)Nc2ccc(Nc3cc(N4CCCC4)nc(C)n3)cc2)cc1. The molecule has 1 saturated heterocycles. The Bertz CT molecular complexity index is 1220. The zero-order chi connectivity index (χ0) is 22.7. The maximum absolute atomic E-state index is 12.6. The predicted octanol–water partition coefficient (Wildman–Crippen LogP) is 4.13. The lowest BCUT2D eigenvalue weighted by Crippen LogP contribution is -2.19. The highest BCUT2D eigenvalue weighted by Gasteiger charge is 2.16. The normalized spacial score (nSPS) is 13.8. The molecule has 9 heteroatoms. The first kappa shape index (κ1) is 21.8. The number of aryl methyl sites for hydroxylation is 1. The minimum Gasteiger partial charge on any atom is -0.356 e. The molecule has 0 aliphatic carbocycles. The third-order valence-corrected chi connectivity index (χ3v) is 6.63. The number of carbonyl (C=O) groups excluding carboxylic acids is 1. The molecule has 3 aromatic rings. The Balaban J connectivity index is 1.46. The molecule has 2 aromatic carbocycles. The highest BCUT2D eigenvalue weighted by atomic mass is 32.2. The fourth-order valence-corrected chi connectivity index (χ4v) is 4.64. The third kappa shape index (κ3) is 5.05. The van der Waals surface area contributed by atoms with Crippen LogP contribution in [0.15, 0.2) is 59.5 Å². The molecule has 166 valence electrons. The molecule has 1 aliphatic rings. The number of nitrogens with one attached hydrogen (secondary N) is 2. The van der Waals surface area contributed by atoms with Crippen LogP contribution < -0.4 is 14.9 Å². The van der Waals surface area contributed by atoms with Crippen molar-refractivity contribution in [1.82, 2.24) is 9.97 Å². The number of sulfonamides is 1. The Hall–Kier alpha value is -3.46. The van der Waals surface area contributed by atoms with E-state index in [4.69, 9.17) is 0 Å². The number of hydrogen-bond acceptors (Lipinski definition) is 7. The van der Waals surface area contributed by atoms with E-state index in [9.17, 15) is 13.2 Å². The average molecular weight is 452 g/mol. The van der Waals surface area contributed by atoms with Crippen molar-refractivity contribution in [2.24, 2.45) is 0 Å². The minimum atomic E-state index is -3.76. The van der Waals surface area contributed by atoms with Crippen LogP contribution >= 0.6 is 0 Å². The van der Waals surface area contributed by atoms with E-state index in [-0.39, 0.29) is 10.7 Å². The summed E-state index contributed by atoms with van der Waals surface area (Å²) in [5, 5.41) is 3.26. The van der Waals surface area contributed by atoms with E-state index in [0.29, 0.717) is 22.9 Å². The monoisotopic (exact) mass is 451 g/mol. The van der Waals surface area contributed by atoms with Gasteiger partial charge in [-0.3, -0.25) is 9.52 Å². The van der Waals surface area contributed by atoms with Crippen LogP contribution in [0.2, 0.25) is 0 Å². The van der Waals surface area contributed by atoms with E-state index in [1.54, 1.807) is 24.3 Å². The summed E-state index contributed by atoms with van der Waals surface area (Å²) in [7, 11) is -3.76. The van der Waals surface area contributed by atoms with Crippen LogP contribution in [0.25, 0.3) is 0 Å². The maximum atomic E-state index is 12.6. The fourth-order valence-electron chi connectivity index (χ4n) is 3.58. The van der Waals surface area contributed by atoms with E-state index in [1.165, 1.54) is 44.0 Å². The van der Waals surface area contributed by atoms with Crippen LogP contribution in [-0.2, 0) is 10.0 Å². The number of aromatic nitrogens is 2. The molecule has 0 saturated carbocycles. The van der Waals surface area contributed by atoms with Gasteiger partial charge >= 0.3 is 0 Å². The van der Waals surface area contributed by atoms with Gasteiger partial charge in [0.25, 0.3) is 10.0 Å². The van der Waals surface area contributed by atoms with Crippen molar-refractivity contribution in [3.05, 3.63) is 66.0 Å². The molecular weight excluding hydrogens is 426 g/mol. The first-order valence-corrected chi connectivity index (χ1v) is 11.9. The number of Topliss-reactive ketones (excluding diaryl/α,β-unsaturated/α-hetero) is 1. The Morgan fingerprint density at radius 3 is 2.19 bits per heavy atom. The van der Waals surface area contributed by atoms with Crippen molar-refractivity contribution in [3.63, 3.8) is 0 Å². The van der Waals surface area contributed by atoms with Crippen molar-refractivity contribution in [3.8, 4) is 0 Å². The number of anilines is 4. The van der Waals surface area contributed by atoms with Crippen LogP contribution in [0.5, 0.6) is 0 Å². The topological polar surface area (TPSA) is 104 Å². The number of carbonyl (C=O) groups is 1. The van der Waals surface area contributed by atoms with Crippen LogP contribution in [-0.4, -0.2) is 37.3 Å². The van der Waals surface area contributed by atoms with Crippen molar-refractivity contribution in [2.45, 2.75) is 31.6 Å². The number of hydrogen-bond donors (Lipinski definition) is 2. The Labute approximate surface area is 187 Å². The van der Waals surface area contributed by atoms with Crippen LogP contribution in [0, 0.1) is 6.92 Å². The lowest BCUT2D eigenvalue weighted by Gasteiger charge is -2.18. The molecule has 0 radical (unpaired) electrons. The molecule has 4 rings (SSSR count). The summed E-state index contributed by atoms with van der Waals surface area (Å²) in [5.74, 6) is 2.18. The van der Waals surface area contributed by atoms with Gasteiger partial charge in [-0.05, 0) is 63.1 Å². The second kappa shape index (κ2) is 8.96. The molecule has 1 fully saturated rings. The standard InChI is InChI=1S/C23H25N5O3S/c1-16(29)18-5-11-21(12-6-18)32(30,31)27-20-9-7-19(8-10-20)26-22-15-23(25-17(2)24-22)28-13-3-4-14-28/h5-12,15,27H,3-4,13-14H2,1-2H3,(H,24,25,26). The van der Waals surface area contributed by atoms with Gasteiger partial charge in [0, 0.05) is 36.1 Å². The van der Waals surface area contributed by atoms with Crippen molar-refractivity contribution < 1.29 is 13.2 Å². The maximum Gasteiger partial charge on any atom is 0.261 e. The molecule has 1 aliphatic heterocycles. The Morgan fingerprint density at radius 2 is 1.56 bits per heavy atom. The highest BCUT2D eigenvalue weighted by Crippen LogP contribution is 2.24. The highest BCUT2D eigenvalue weighted by molar-refractivity contribution is 7.92. The summed E-state index contributed by atoms with van der Waals surface area (Å²) in [5.41, 5.74) is 1.68. The molecule has 0 unspecified atom stereocenters. The van der Waals surface area contributed by atoms with Gasteiger partial charge < -0.3 is 10.2 Å². The van der Waals surface area contributed by atoms with E-state index in [0.717, 1.165) is 24.6 Å². The fraction of sp³-hybridized carbons (Fsp3) is 0.261. The van der Waals surface area contributed by atoms with Gasteiger partial charge in [-0.25, -0.2) is 18.4 Å². The molecule has 32 heavy (non-hydrogen) atoms. The third-order valence-electron chi connectivity index (χ3n) is 5.24. The second-order valence-corrected chi connectivity index (χ2v) is 9.42. The van der Waals surface area contributed by atoms with Gasteiger partial charge in [0.1, 0.15) is 17.5 Å². The summed E-state index contributed by atoms with van der Waals surface area (Å²) < 4.78 is 27.8. The number of benzene rings is 2. The van der Waals surface area contributed by atoms with Crippen LogP contribution in [0.3, 0.4) is 0 Å².